The van der Waals surface area contributed by atoms with E-state index in [1.54, 1.807) is 43.0 Å². The molecule has 1 N–H and O–H groups in total. The van der Waals surface area contributed by atoms with Crippen LogP contribution in [0, 0.1) is 5.92 Å². The van der Waals surface area contributed by atoms with Gasteiger partial charge in [0.15, 0.2) is 5.43 Å². The molecule has 2 amide bonds. The molecule has 1 atom stereocenters. The number of nitrogens with one attached hydrogen (secondary N) is 1. The third kappa shape index (κ3) is 5.31. The van der Waals surface area contributed by atoms with Crippen molar-refractivity contribution in [1.82, 2.24) is 15.1 Å². The minimum Gasteiger partial charge on any atom is -0.464 e. The number of ether oxygens (including phenoxy) is 1. The monoisotopic (exact) mass is 517 g/mol. The first-order valence-electron chi connectivity index (χ1n) is 13.5. The van der Waals surface area contributed by atoms with E-state index in [1.807, 2.05) is 0 Å². The van der Waals surface area contributed by atoms with Gasteiger partial charge in [-0.05, 0) is 76.2 Å². The second-order valence-electron chi connectivity index (χ2n) is 10.2. The summed E-state index contributed by atoms with van der Waals surface area (Å²) in [4.78, 5) is 43.9. The quantitative estimate of drug-likeness (QED) is 0.536. The van der Waals surface area contributed by atoms with Crippen LogP contribution in [0.1, 0.15) is 51.1 Å². The van der Waals surface area contributed by atoms with Gasteiger partial charge < -0.3 is 14.5 Å². The van der Waals surface area contributed by atoms with E-state index in [-0.39, 0.29) is 29.2 Å². The number of carbonyl (C=O) groups excluding carboxylic acids is 2. The zero-order chi connectivity index (χ0) is 26.6. The van der Waals surface area contributed by atoms with E-state index >= 15 is 0 Å². The van der Waals surface area contributed by atoms with Gasteiger partial charge in [0.1, 0.15) is 11.8 Å². The third-order valence-corrected chi connectivity index (χ3v) is 7.74. The van der Waals surface area contributed by atoms with Crippen LogP contribution in [0.5, 0.6) is 0 Å². The van der Waals surface area contributed by atoms with E-state index in [2.05, 4.69) is 28.4 Å². The van der Waals surface area contributed by atoms with Gasteiger partial charge in [-0.25, -0.2) is 9.59 Å². The Morgan fingerprint density at radius 1 is 1.16 bits per heavy atom. The SMILES string of the molecule is CCOC(=O)C1=C(C)N(CC2CCN(CC3=CCCC=C3)CC2)C(=O)NC1c1coc2ccccc2c1=O. The molecule has 3 aliphatic rings. The number of likely N-dealkylation sites (tertiary alicyclic amines) is 1. The third-order valence-electron chi connectivity index (χ3n) is 7.74. The second-order valence-corrected chi connectivity index (χ2v) is 10.2. The van der Waals surface area contributed by atoms with Crippen molar-refractivity contribution in [3.63, 3.8) is 0 Å². The standard InChI is InChI=1S/C30H35N3O5/c1-3-37-29(35)26-20(2)33(18-22-13-15-32(16-14-22)17-21-9-5-4-6-10-21)30(36)31-27(26)24-19-38-25-12-8-7-11-23(25)28(24)34/h5,7-12,19,22,27H,3-4,6,13-18H2,1-2H3,(H,31,36). The van der Waals surface area contributed by atoms with Crippen molar-refractivity contribution in [2.24, 2.45) is 5.92 Å². The van der Waals surface area contributed by atoms with Crippen LogP contribution in [0.2, 0.25) is 0 Å². The number of esters is 1. The normalized spacial score (nSPS) is 21.0. The number of allylic oxidation sites excluding steroid dienone is 3. The van der Waals surface area contributed by atoms with Crippen molar-refractivity contribution in [3.05, 3.63) is 81.4 Å². The molecule has 8 heteroatoms. The van der Waals surface area contributed by atoms with Gasteiger partial charge in [-0.1, -0.05) is 30.4 Å². The molecule has 38 heavy (non-hydrogen) atoms. The minimum atomic E-state index is -0.947. The van der Waals surface area contributed by atoms with E-state index in [9.17, 15) is 14.4 Å². The van der Waals surface area contributed by atoms with Crippen LogP contribution in [0.4, 0.5) is 4.79 Å². The summed E-state index contributed by atoms with van der Waals surface area (Å²) >= 11 is 0. The number of piperidine rings is 1. The molecule has 5 rings (SSSR count). The number of benzene rings is 1. The predicted octanol–water partition coefficient (Wildman–Crippen LogP) is 4.68. The second kappa shape index (κ2) is 11.4. The molecule has 1 aromatic carbocycles. The number of nitrogens with zero attached hydrogens (tertiary/aromatic N) is 2. The lowest BCUT2D eigenvalue weighted by molar-refractivity contribution is -0.139. The lowest BCUT2D eigenvalue weighted by atomic mass is 9.92. The summed E-state index contributed by atoms with van der Waals surface area (Å²) in [5.74, 6) is -0.232. The molecular weight excluding hydrogens is 482 g/mol. The maximum absolute atomic E-state index is 13.4. The van der Waals surface area contributed by atoms with Gasteiger partial charge in [0.05, 0.1) is 29.2 Å². The number of fused-ring (bicyclic) bond motifs is 1. The Labute approximate surface area is 222 Å². The minimum absolute atomic E-state index is 0.187. The van der Waals surface area contributed by atoms with E-state index < -0.39 is 12.0 Å². The molecule has 0 spiro atoms. The fourth-order valence-electron chi connectivity index (χ4n) is 5.63. The first-order chi connectivity index (χ1) is 18.5. The van der Waals surface area contributed by atoms with Crippen LogP contribution >= 0.6 is 0 Å². The van der Waals surface area contributed by atoms with Crippen molar-refractivity contribution >= 4 is 23.0 Å². The fourth-order valence-corrected chi connectivity index (χ4v) is 5.63. The summed E-state index contributed by atoms with van der Waals surface area (Å²) in [5.41, 5.74) is 2.54. The highest BCUT2D eigenvalue weighted by molar-refractivity contribution is 5.95. The number of para-hydroxylation sites is 1. The van der Waals surface area contributed by atoms with Crippen molar-refractivity contribution in [2.75, 3.05) is 32.8 Å². The highest BCUT2D eigenvalue weighted by Gasteiger charge is 2.39. The molecule has 0 bridgehead atoms. The van der Waals surface area contributed by atoms with Crippen LogP contribution in [-0.2, 0) is 9.53 Å². The Balaban J connectivity index is 1.36. The Morgan fingerprint density at radius 3 is 2.68 bits per heavy atom. The summed E-state index contributed by atoms with van der Waals surface area (Å²) in [6.45, 7) is 7.11. The Morgan fingerprint density at radius 2 is 1.95 bits per heavy atom. The molecule has 1 fully saturated rings. The number of hydrogen-bond donors (Lipinski definition) is 1. The topological polar surface area (TPSA) is 92.1 Å². The summed E-state index contributed by atoms with van der Waals surface area (Å²) in [7, 11) is 0. The molecular formula is C30H35N3O5. The molecule has 1 aromatic heterocycles. The lowest BCUT2D eigenvalue weighted by Gasteiger charge is -2.39. The summed E-state index contributed by atoms with van der Waals surface area (Å²) in [5, 5.41) is 3.30. The van der Waals surface area contributed by atoms with Gasteiger partial charge in [-0.2, -0.15) is 0 Å². The Hall–Kier alpha value is -3.65. The Kier molecular flexibility index (Phi) is 7.79. The zero-order valence-electron chi connectivity index (χ0n) is 22.1. The van der Waals surface area contributed by atoms with Crippen LogP contribution in [0.15, 0.2) is 74.8 Å². The summed E-state index contributed by atoms with van der Waals surface area (Å²) in [6, 6.07) is 5.66. The summed E-state index contributed by atoms with van der Waals surface area (Å²) < 4.78 is 11.1. The van der Waals surface area contributed by atoms with Gasteiger partial charge in [0, 0.05) is 18.8 Å². The average molecular weight is 518 g/mol. The molecule has 2 aromatic rings. The molecule has 200 valence electrons. The Bertz CT molecular complexity index is 1360. The van der Waals surface area contributed by atoms with E-state index in [0.29, 0.717) is 29.1 Å². The maximum atomic E-state index is 13.4. The number of carbonyl (C=O) groups is 2. The number of rotatable bonds is 7. The van der Waals surface area contributed by atoms with Crippen LogP contribution in [-0.4, -0.2) is 54.6 Å². The number of amides is 2. The molecule has 8 nitrogen and oxygen atoms in total. The molecule has 1 aliphatic carbocycles. The van der Waals surface area contributed by atoms with Gasteiger partial charge in [-0.3, -0.25) is 14.6 Å². The molecule has 3 heterocycles. The van der Waals surface area contributed by atoms with Crippen LogP contribution in [0.3, 0.4) is 0 Å². The van der Waals surface area contributed by atoms with Crippen LogP contribution < -0.4 is 10.7 Å². The molecule has 0 saturated carbocycles. The average Bonchev–Trinajstić information content (AvgIpc) is 2.93. The van der Waals surface area contributed by atoms with Crippen molar-refractivity contribution in [3.8, 4) is 0 Å². The van der Waals surface area contributed by atoms with Crippen molar-refractivity contribution in [2.45, 2.75) is 45.6 Å². The van der Waals surface area contributed by atoms with Gasteiger partial charge in [0.2, 0.25) is 0 Å². The van der Waals surface area contributed by atoms with Gasteiger partial charge in [0.25, 0.3) is 0 Å². The first-order valence-corrected chi connectivity index (χ1v) is 13.5. The molecule has 0 radical (unpaired) electrons. The number of hydrogen-bond acceptors (Lipinski definition) is 6. The smallest absolute Gasteiger partial charge is 0.338 e. The van der Waals surface area contributed by atoms with Crippen molar-refractivity contribution < 1.29 is 18.7 Å². The van der Waals surface area contributed by atoms with Crippen molar-refractivity contribution in [1.29, 1.82) is 0 Å². The van der Waals surface area contributed by atoms with Gasteiger partial charge in [-0.15, -0.1) is 0 Å². The molecule has 2 aliphatic heterocycles. The van der Waals surface area contributed by atoms with E-state index in [1.165, 1.54) is 11.8 Å². The van der Waals surface area contributed by atoms with Crippen LogP contribution in [0.25, 0.3) is 11.0 Å². The number of urea groups is 1. The van der Waals surface area contributed by atoms with Gasteiger partial charge >= 0.3 is 12.0 Å². The maximum Gasteiger partial charge on any atom is 0.338 e. The van der Waals surface area contributed by atoms with E-state index in [0.717, 1.165) is 45.3 Å². The summed E-state index contributed by atoms with van der Waals surface area (Å²) in [6.07, 6.45) is 12.3. The fraction of sp³-hybridized carbons (Fsp3) is 0.433. The largest absolute Gasteiger partial charge is 0.464 e. The zero-order valence-corrected chi connectivity index (χ0v) is 22.1. The highest BCUT2D eigenvalue weighted by Crippen LogP contribution is 2.32. The lowest BCUT2D eigenvalue weighted by Crippen LogP contribution is -2.51. The predicted molar refractivity (Wildman–Crippen MR) is 145 cm³/mol. The first kappa shape index (κ1) is 26.0. The van der Waals surface area contributed by atoms with E-state index in [4.69, 9.17) is 9.15 Å². The molecule has 1 unspecified atom stereocenters. The highest BCUT2D eigenvalue weighted by atomic mass is 16.5. The molecule has 1 saturated heterocycles.